The fraction of sp³-hybridized carbons (Fsp3) is 0.111. The van der Waals surface area contributed by atoms with Gasteiger partial charge in [0.15, 0.2) is 0 Å². The summed E-state index contributed by atoms with van der Waals surface area (Å²) in [5.74, 6) is 0. The van der Waals surface area contributed by atoms with Crippen molar-refractivity contribution < 1.29 is 15.0 Å². The molecule has 0 saturated carbocycles. The molecule has 4 aromatic rings. The van der Waals surface area contributed by atoms with Crippen molar-refractivity contribution in [3.8, 4) is 0 Å². The third kappa shape index (κ3) is 6.62. The van der Waals surface area contributed by atoms with Gasteiger partial charge in [-0.05, 0) is 24.2 Å². The van der Waals surface area contributed by atoms with Gasteiger partial charge < -0.3 is 0 Å². The van der Waals surface area contributed by atoms with Crippen LogP contribution < -0.4 is 21.2 Å². The van der Waals surface area contributed by atoms with Crippen molar-refractivity contribution in [1.82, 2.24) is 0 Å². The Kier molecular flexibility index (Phi) is 9.30. The van der Waals surface area contributed by atoms with Gasteiger partial charge in [-0.1, -0.05) is 74.5 Å². The first-order chi connectivity index (χ1) is 14.7. The average molecular weight is 472 g/mol. The van der Waals surface area contributed by atoms with Crippen LogP contribution in [0.1, 0.15) is 13.8 Å². The van der Waals surface area contributed by atoms with Gasteiger partial charge in [0.2, 0.25) is 0 Å². The molecule has 0 aliphatic carbocycles. The second kappa shape index (κ2) is 12.2. The Hall–Kier alpha value is -1.77. The predicted octanol–water partition coefficient (Wildman–Crippen LogP) is 6.11. The zero-order valence-corrected chi connectivity index (χ0v) is 20.1. The number of rotatable bonds is 5. The summed E-state index contributed by atoms with van der Waals surface area (Å²) in [6, 6.07) is 42.4. The van der Waals surface area contributed by atoms with E-state index in [2.05, 4.69) is 98.8 Å². The van der Waals surface area contributed by atoms with Crippen LogP contribution in [0.4, 0.5) is 0 Å². The average Bonchev–Trinajstić information content (AvgIpc) is 2.81. The summed E-state index contributed by atoms with van der Waals surface area (Å²) in [6.07, 6.45) is 0. The Labute approximate surface area is 191 Å². The Bertz CT molecular complexity index is 895. The predicted molar refractivity (Wildman–Crippen MR) is 133 cm³/mol. The molecule has 0 radical (unpaired) electrons. The van der Waals surface area contributed by atoms with Gasteiger partial charge in [0.25, 0.3) is 0 Å². The molecular formula is C27H27NiP2. The molecule has 4 rings (SSSR count). The molecule has 155 valence electrons. The number of hydrogen-bond donors (Lipinski definition) is 0. The van der Waals surface area contributed by atoms with Gasteiger partial charge in [-0.3, -0.25) is 0 Å². The molecule has 3 heteroatoms. The first-order valence-electron chi connectivity index (χ1n) is 10.1. The van der Waals surface area contributed by atoms with Crippen molar-refractivity contribution in [2.45, 2.75) is 19.5 Å². The maximum atomic E-state index is 5.21. The maximum absolute atomic E-state index is 5.21. The minimum absolute atomic E-state index is 0.210. The SMILES string of the molecule is CC(C)P(c1ccccc1)c1ccccc1.[Ni][P](c1ccccc1)c1ccccc1. The zero-order valence-electron chi connectivity index (χ0n) is 17.3. The molecule has 0 saturated heterocycles. The van der Waals surface area contributed by atoms with Gasteiger partial charge in [0, 0.05) is 0 Å². The van der Waals surface area contributed by atoms with E-state index in [-0.39, 0.29) is 7.92 Å². The van der Waals surface area contributed by atoms with Crippen LogP contribution >= 0.6 is 14.6 Å². The van der Waals surface area contributed by atoms with E-state index in [1.165, 1.54) is 21.2 Å². The quantitative estimate of drug-likeness (QED) is 0.243. The standard InChI is InChI=1S/C15H17P.C12H10P.Ni/c1-13(2)16(14-9-5-3-6-10-14)15-11-7-4-8-12-15;1-3-7-11(8-4-1)13-12-9-5-2-6-10-12;/h3-13H,1-2H3;1-10H;/q;-1;+1. The molecule has 4 aromatic carbocycles. The van der Waals surface area contributed by atoms with Gasteiger partial charge in [-0.15, -0.1) is 0 Å². The van der Waals surface area contributed by atoms with Crippen LogP contribution in [0.25, 0.3) is 0 Å². The normalized spacial score (nSPS) is 10.8. The molecular weight excluding hydrogens is 445 g/mol. The van der Waals surface area contributed by atoms with E-state index in [1.54, 1.807) is 0 Å². The van der Waals surface area contributed by atoms with Crippen LogP contribution in [-0.2, 0) is 15.0 Å². The summed E-state index contributed by atoms with van der Waals surface area (Å²) in [4.78, 5) is 0. The molecule has 0 atom stereocenters. The van der Waals surface area contributed by atoms with E-state index in [1.807, 2.05) is 36.4 Å². The van der Waals surface area contributed by atoms with Crippen LogP contribution in [0.15, 0.2) is 121 Å². The molecule has 0 amide bonds. The summed E-state index contributed by atoms with van der Waals surface area (Å²) >= 11 is 5.21. The monoisotopic (exact) mass is 471 g/mol. The molecule has 0 aliphatic rings. The van der Waals surface area contributed by atoms with Crippen LogP contribution in [0.3, 0.4) is 0 Å². The minimum atomic E-state index is -0.546. The van der Waals surface area contributed by atoms with Crippen LogP contribution in [0.2, 0.25) is 0 Å². The third-order valence-electron chi connectivity index (χ3n) is 4.52. The Balaban J connectivity index is 0.000000172. The van der Waals surface area contributed by atoms with Crippen molar-refractivity contribution >= 4 is 35.8 Å². The number of hydrogen-bond acceptors (Lipinski definition) is 0. The van der Waals surface area contributed by atoms with Gasteiger partial charge in [-0.25, -0.2) is 0 Å². The molecule has 0 heterocycles. The summed E-state index contributed by atoms with van der Waals surface area (Å²) in [5, 5.41) is 5.49. The van der Waals surface area contributed by atoms with Gasteiger partial charge >= 0.3 is 93.0 Å². The van der Waals surface area contributed by atoms with E-state index in [9.17, 15) is 0 Å². The first kappa shape index (κ1) is 22.9. The second-order valence-electron chi connectivity index (χ2n) is 7.06. The molecule has 0 fully saturated rings. The molecule has 0 nitrogen and oxygen atoms in total. The van der Waals surface area contributed by atoms with Crippen LogP contribution in [-0.4, -0.2) is 5.66 Å². The van der Waals surface area contributed by atoms with E-state index < -0.39 is 6.70 Å². The van der Waals surface area contributed by atoms with E-state index >= 15 is 0 Å². The summed E-state index contributed by atoms with van der Waals surface area (Å²) in [5.41, 5.74) is 0.680. The molecule has 0 aromatic heterocycles. The second-order valence-corrected chi connectivity index (χ2v) is 12.7. The van der Waals surface area contributed by atoms with Crippen molar-refractivity contribution in [2.75, 3.05) is 0 Å². The summed E-state index contributed by atoms with van der Waals surface area (Å²) < 4.78 is 0. The molecule has 30 heavy (non-hydrogen) atoms. The van der Waals surface area contributed by atoms with Gasteiger partial charge in [0.05, 0.1) is 0 Å². The van der Waals surface area contributed by atoms with Crippen LogP contribution in [0.5, 0.6) is 0 Å². The van der Waals surface area contributed by atoms with Crippen molar-refractivity contribution in [1.29, 1.82) is 0 Å². The first-order valence-corrected chi connectivity index (χ1v) is 14.0. The van der Waals surface area contributed by atoms with E-state index in [0.29, 0.717) is 5.66 Å². The third-order valence-corrected chi connectivity index (χ3v) is 10.2. The Morgan fingerprint density at radius 3 is 1.00 bits per heavy atom. The van der Waals surface area contributed by atoms with E-state index in [4.69, 9.17) is 15.0 Å². The summed E-state index contributed by atoms with van der Waals surface area (Å²) in [6.45, 7) is 4.08. The van der Waals surface area contributed by atoms with Crippen LogP contribution in [0, 0.1) is 0 Å². The van der Waals surface area contributed by atoms with Crippen molar-refractivity contribution in [3.63, 3.8) is 0 Å². The number of benzene rings is 4. The van der Waals surface area contributed by atoms with E-state index in [0.717, 1.165) is 0 Å². The molecule has 0 bridgehead atoms. The Morgan fingerprint density at radius 1 is 0.467 bits per heavy atom. The molecule has 0 unspecified atom stereocenters. The van der Waals surface area contributed by atoms with Gasteiger partial charge in [-0.2, -0.15) is 0 Å². The zero-order chi connectivity index (χ0) is 21.2. The summed E-state index contributed by atoms with van der Waals surface area (Å²) in [7, 11) is -0.210. The molecule has 0 aliphatic heterocycles. The Morgan fingerprint density at radius 2 is 0.733 bits per heavy atom. The fourth-order valence-electron chi connectivity index (χ4n) is 3.17. The molecule has 0 spiro atoms. The molecule has 0 N–H and O–H groups in total. The van der Waals surface area contributed by atoms with Gasteiger partial charge in [0.1, 0.15) is 0 Å². The fourth-order valence-corrected chi connectivity index (χ4v) is 7.66. The van der Waals surface area contributed by atoms with Crippen molar-refractivity contribution in [2.24, 2.45) is 0 Å². The topological polar surface area (TPSA) is 0 Å². The van der Waals surface area contributed by atoms with Crippen molar-refractivity contribution in [3.05, 3.63) is 121 Å².